The summed E-state index contributed by atoms with van der Waals surface area (Å²) in [6.45, 7) is 8.12. The summed E-state index contributed by atoms with van der Waals surface area (Å²) in [5.74, 6) is 1.28. The summed E-state index contributed by atoms with van der Waals surface area (Å²) in [4.78, 5) is 4.35. The van der Waals surface area contributed by atoms with Gasteiger partial charge >= 0.3 is 0 Å². The van der Waals surface area contributed by atoms with Crippen LogP contribution in [0.5, 0.6) is 0 Å². The minimum absolute atomic E-state index is 0.0716. The summed E-state index contributed by atoms with van der Waals surface area (Å²) >= 11 is 0. The molecule has 0 saturated heterocycles. The van der Waals surface area contributed by atoms with Crippen molar-refractivity contribution in [3.8, 4) is 11.5 Å². The van der Waals surface area contributed by atoms with Crippen LogP contribution in [-0.4, -0.2) is 10.1 Å². The Morgan fingerprint density at radius 2 is 1.94 bits per heavy atom. The second-order valence-corrected chi connectivity index (χ2v) is 4.72. The molecule has 0 aliphatic carbocycles. The van der Waals surface area contributed by atoms with E-state index in [-0.39, 0.29) is 5.41 Å². The van der Waals surface area contributed by atoms with E-state index >= 15 is 0 Å². The highest BCUT2D eigenvalue weighted by Gasteiger charge is 2.16. The maximum absolute atomic E-state index is 5.21. The van der Waals surface area contributed by atoms with E-state index in [9.17, 15) is 0 Å². The predicted octanol–water partition coefficient (Wildman–Crippen LogP) is 3.14. The van der Waals surface area contributed by atoms with Gasteiger partial charge in [0.05, 0.1) is 0 Å². The molecule has 3 heteroatoms. The van der Waals surface area contributed by atoms with Crippen molar-refractivity contribution in [3.05, 3.63) is 43.1 Å². The maximum Gasteiger partial charge on any atom is 0.257 e. The second-order valence-electron chi connectivity index (χ2n) is 4.72. The molecule has 1 aromatic carbocycles. The maximum atomic E-state index is 5.21. The molecule has 0 aliphatic rings. The zero-order valence-corrected chi connectivity index (χ0v) is 9.60. The van der Waals surface area contributed by atoms with Crippen LogP contribution >= 0.6 is 0 Å². The Morgan fingerprint density at radius 1 is 1.25 bits per heavy atom. The molecule has 0 aliphatic heterocycles. The molecule has 0 unspecified atom stereocenters. The summed E-state index contributed by atoms with van der Waals surface area (Å²) in [6, 6.07) is 9.76. The first-order chi connectivity index (χ1) is 7.54. The number of aromatic nitrogens is 2. The monoisotopic (exact) mass is 215 g/mol. The Hall–Kier alpha value is -1.64. The first-order valence-electron chi connectivity index (χ1n) is 5.28. The van der Waals surface area contributed by atoms with Crippen molar-refractivity contribution in [1.82, 2.24) is 10.1 Å². The molecule has 0 N–H and O–H groups in total. The fraction of sp³-hybridized carbons (Fsp3) is 0.308. The van der Waals surface area contributed by atoms with Gasteiger partial charge in [-0.25, -0.2) is 0 Å². The molecule has 0 atom stereocenters. The fourth-order valence-corrected chi connectivity index (χ4v) is 1.45. The van der Waals surface area contributed by atoms with Crippen molar-refractivity contribution in [1.29, 1.82) is 0 Å². The summed E-state index contributed by atoms with van der Waals surface area (Å²) in [5, 5.41) is 3.95. The van der Waals surface area contributed by atoms with Gasteiger partial charge in [0.25, 0.3) is 5.89 Å². The lowest BCUT2D eigenvalue weighted by Crippen LogP contribution is -2.10. The molecule has 83 valence electrons. The highest BCUT2D eigenvalue weighted by Crippen LogP contribution is 2.21. The molecule has 0 amide bonds. The summed E-state index contributed by atoms with van der Waals surface area (Å²) < 4.78 is 5.21. The van der Waals surface area contributed by atoms with E-state index in [2.05, 4.69) is 17.1 Å². The third kappa shape index (κ3) is 2.69. The Balaban J connectivity index is 2.21. The van der Waals surface area contributed by atoms with E-state index in [4.69, 9.17) is 4.52 Å². The number of nitrogens with zero attached hydrogens (tertiary/aromatic N) is 2. The standard InChI is InChI=1S/C13H15N2O/c1-13(2,3)9-11-14-12(16-15-11)10-7-5-4-6-8-10/h4-8H,1,9H2,2-3H3. The van der Waals surface area contributed by atoms with Gasteiger partial charge in [-0.05, 0) is 24.5 Å². The van der Waals surface area contributed by atoms with Crippen molar-refractivity contribution < 1.29 is 4.52 Å². The highest BCUT2D eigenvalue weighted by molar-refractivity contribution is 5.51. The van der Waals surface area contributed by atoms with E-state index in [1.165, 1.54) is 0 Å². The molecule has 0 spiro atoms. The van der Waals surface area contributed by atoms with Crippen LogP contribution in [0.15, 0.2) is 34.9 Å². The average Bonchev–Trinajstić information content (AvgIpc) is 2.65. The van der Waals surface area contributed by atoms with Crippen molar-refractivity contribution in [2.45, 2.75) is 20.3 Å². The minimum Gasteiger partial charge on any atom is -0.334 e. The van der Waals surface area contributed by atoms with E-state index in [1.54, 1.807) is 0 Å². The first-order valence-corrected chi connectivity index (χ1v) is 5.28. The molecule has 0 bridgehead atoms. The van der Waals surface area contributed by atoms with Crippen LogP contribution in [0.3, 0.4) is 0 Å². The Labute approximate surface area is 95.5 Å². The third-order valence-corrected chi connectivity index (χ3v) is 2.13. The van der Waals surface area contributed by atoms with Gasteiger partial charge in [-0.2, -0.15) is 4.98 Å². The molecule has 2 rings (SSSR count). The van der Waals surface area contributed by atoms with Crippen LogP contribution < -0.4 is 0 Å². The molecular formula is C13H15N2O. The Morgan fingerprint density at radius 3 is 2.56 bits per heavy atom. The third-order valence-electron chi connectivity index (χ3n) is 2.13. The van der Waals surface area contributed by atoms with Crippen LogP contribution in [-0.2, 0) is 6.42 Å². The molecule has 2 aromatic rings. The number of benzene rings is 1. The van der Waals surface area contributed by atoms with Crippen molar-refractivity contribution >= 4 is 0 Å². The SMILES string of the molecule is [CH2]C(C)(C)Cc1noc(-c2ccccc2)n1. The van der Waals surface area contributed by atoms with Gasteiger partial charge in [-0.3, -0.25) is 0 Å². The molecule has 1 heterocycles. The second kappa shape index (κ2) is 4.08. The van der Waals surface area contributed by atoms with Crippen LogP contribution in [0.1, 0.15) is 19.7 Å². The summed E-state index contributed by atoms with van der Waals surface area (Å²) in [5.41, 5.74) is 0.876. The van der Waals surface area contributed by atoms with Crippen molar-refractivity contribution in [2.75, 3.05) is 0 Å². The quantitative estimate of drug-likeness (QED) is 0.789. The summed E-state index contributed by atoms with van der Waals surface area (Å²) in [7, 11) is 0. The molecule has 3 nitrogen and oxygen atoms in total. The van der Waals surface area contributed by atoms with Crippen molar-refractivity contribution in [2.24, 2.45) is 5.41 Å². The van der Waals surface area contributed by atoms with Gasteiger partial charge in [0, 0.05) is 12.0 Å². The van der Waals surface area contributed by atoms with Crippen LogP contribution in [0.25, 0.3) is 11.5 Å². The minimum atomic E-state index is -0.0716. The van der Waals surface area contributed by atoms with Crippen LogP contribution in [0.2, 0.25) is 0 Å². The van der Waals surface area contributed by atoms with Crippen LogP contribution in [0.4, 0.5) is 0 Å². The topological polar surface area (TPSA) is 38.9 Å². The zero-order chi connectivity index (χ0) is 11.6. The molecule has 0 saturated carbocycles. The Kier molecular flexibility index (Phi) is 2.77. The van der Waals surface area contributed by atoms with Crippen molar-refractivity contribution in [3.63, 3.8) is 0 Å². The molecular weight excluding hydrogens is 200 g/mol. The number of rotatable bonds is 3. The van der Waals surface area contributed by atoms with E-state index in [0.29, 0.717) is 18.1 Å². The highest BCUT2D eigenvalue weighted by atomic mass is 16.5. The lowest BCUT2D eigenvalue weighted by Gasteiger charge is -2.13. The van der Waals surface area contributed by atoms with Gasteiger partial charge in [-0.1, -0.05) is 37.2 Å². The number of hydrogen-bond acceptors (Lipinski definition) is 3. The zero-order valence-electron chi connectivity index (χ0n) is 9.60. The van der Waals surface area contributed by atoms with Crippen LogP contribution in [0, 0.1) is 12.3 Å². The fourth-order valence-electron chi connectivity index (χ4n) is 1.45. The van der Waals surface area contributed by atoms with Gasteiger partial charge in [0.2, 0.25) is 0 Å². The average molecular weight is 215 g/mol. The lowest BCUT2D eigenvalue weighted by atomic mass is 9.92. The van der Waals surface area contributed by atoms with Gasteiger partial charge in [-0.15, -0.1) is 0 Å². The smallest absolute Gasteiger partial charge is 0.257 e. The number of hydrogen-bond donors (Lipinski definition) is 0. The molecule has 1 radical (unpaired) electrons. The van der Waals surface area contributed by atoms with E-state index in [0.717, 1.165) is 5.56 Å². The van der Waals surface area contributed by atoms with E-state index < -0.39 is 0 Å². The van der Waals surface area contributed by atoms with Gasteiger partial charge in [0.15, 0.2) is 5.82 Å². The molecule has 1 aromatic heterocycles. The lowest BCUT2D eigenvalue weighted by molar-refractivity contribution is 0.400. The first kappa shape index (κ1) is 10.9. The predicted molar refractivity (Wildman–Crippen MR) is 62.6 cm³/mol. The molecule has 0 fully saturated rings. The largest absolute Gasteiger partial charge is 0.334 e. The van der Waals surface area contributed by atoms with E-state index in [1.807, 2.05) is 44.2 Å². The summed E-state index contributed by atoms with van der Waals surface area (Å²) in [6.07, 6.45) is 0.712. The normalized spacial score (nSPS) is 11.7. The molecule has 16 heavy (non-hydrogen) atoms. The van der Waals surface area contributed by atoms with Gasteiger partial charge in [0.1, 0.15) is 0 Å². The van der Waals surface area contributed by atoms with Gasteiger partial charge < -0.3 is 4.52 Å². The Bertz CT molecular complexity index is 454.